The number of nitrogens with two attached hydrogens (primary N) is 1. The maximum Gasteiger partial charge on any atom is 0.0702 e. The summed E-state index contributed by atoms with van der Waals surface area (Å²) in [5.74, 6) is 0. The number of benzene rings is 5. The average Bonchev–Trinajstić information content (AvgIpc) is 3.49. The molecule has 0 aliphatic carbocycles. The summed E-state index contributed by atoms with van der Waals surface area (Å²) in [6, 6.07) is 46.8. The fourth-order valence-corrected chi connectivity index (χ4v) is 5.59. The Hall–Kier alpha value is -5.02. The molecule has 0 fully saturated rings. The molecule has 3 nitrogen and oxygen atoms in total. The largest absolute Gasteiger partial charge is 0.396 e. The molecule has 38 heavy (non-hydrogen) atoms. The van der Waals surface area contributed by atoms with Crippen LogP contribution in [0.4, 0.5) is 17.1 Å². The van der Waals surface area contributed by atoms with Crippen molar-refractivity contribution in [2.24, 2.45) is 0 Å². The Kier molecular flexibility index (Phi) is 5.33. The zero-order valence-corrected chi connectivity index (χ0v) is 21.0. The molecule has 0 radical (unpaired) electrons. The number of nitrogen functional groups attached to an aromatic ring is 1. The second kappa shape index (κ2) is 9.13. The highest BCUT2D eigenvalue weighted by atomic mass is 15.2. The number of aromatic nitrogens is 1. The fraction of sp³-hybridized carbons (Fsp3) is 0.0286. The highest BCUT2D eigenvalue weighted by Crippen LogP contribution is 2.42. The van der Waals surface area contributed by atoms with Crippen molar-refractivity contribution >= 4 is 39.6 Å². The Bertz CT molecular complexity index is 1780. The Morgan fingerprint density at radius 2 is 1.21 bits per heavy atom. The molecule has 3 heteroatoms. The van der Waals surface area contributed by atoms with Gasteiger partial charge in [-0.2, -0.15) is 0 Å². The smallest absolute Gasteiger partial charge is 0.0702 e. The van der Waals surface area contributed by atoms with Gasteiger partial charge in [-0.15, -0.1) is 0 Å². The van der Waals surface area contributed by atoms with E-state index in [1.165, 1.54) is 33.6 Å². The van der Waals surface area contributed by atoms with E-state index in [0.29, 0.717) is 0 Å². The van der Waals surface area contributed by atoms with Gasteiger partial charge in [0.1, 0.15) is 0 Å². The number of nitrogens with zero attached hydrogens (tertiary/aromatic N) is 2. The highest BCUT2D eigenvalue weighted by Gasteiger charge is 2.25. The average molecular weight is 490 g/mol. The zero-order chi connectivity index (χ0) is 25.5. The van der Waals surface area contributed by atoms with Crippen LogP contribution in [-0.4, -0.2) is 11.1 Å². The molecule has 0 amide bonds. The summed E-state index contributed by atoms with van der Waals surface area (Å²) in [7, 11) is 0. The first-order chi connectivity index (χ1) is 18.8. The predicted molar refractivity (Wildman–Crippen MR) is 161 cm³/mol. The van der Waals surface area contributed by atoms with E-state index < -0.39 is 0 Å². The molecular weight excluding hydrogens is 462 g/mol. The molecule has 0 saturated heterocycles. The van der Waals surface area contributed by atoms with Crippen LogP contribution in [-0.2, 0) is 0 Å². The molecule has 1 aliphatic heterocycles. The quantitative estimate of drug-likeness (QED) is 0.269. The maximum absolute atomic E-state index is 6.86. The predicted octanol–water partition coefficient (Wildman–Crippen LogP) is 8.57. The number of rotatable bonds is 4. The standard InChI is InChI=1S/C35H27N3/c36-35-31-16-8-10-18-33(31)38(29-21-19-26(20-22-29)25-11-3-1-4-12-25)34(35)23-27-24-37(28-13-5-2-6-14-28)32-17-9-7-15-30(27)32/h1-23H,24,36H2/b27-23+. The topological polar surface area (TPSA) is 34.2 Å². The molecule has 2 heterocycles. The van der Waals surface area contributed by atoms with Crippen LogP contribution in [0.3, 0.4) is 0 Å². The second-order valence-electron chi connectivity index (χ2n) is 9.67. The van der Waals surface area contributed by atoms with E-state index in [4.69, 9.17) is 5.73 Å². The Balaban J connectivity index is 1.38. The third-order valence-electron chi connectivity index (χ3n) is 7.43. The number of hydrogen-bond acceptors (Lipinski definition) is 2. The van der Waals surface area contributed by atoms with E-state index in [9.17, 15) is 0 Å². The van der Waals surface area contributed by atoms with Crippen LogP contribution < -0.4 is 10.6 Å². The number of anilines is 3. The van der Waals surface area contributed by atoms with Crippen molar-refractivity contribution in [2.45, 2.75) is 0 Å². The van der Waals surface area contributed by atoms with E-state index in [1.54, 1.807) is 0 Å². The lowest BCUT2D eigenvalue weighted by Crippen LogP contribution is -2.12. The minimum absolute atomic E-state index is 0.789. The first kappa shape index (κ1) is 22.2. The van der Waals surface area contributed by atoms with Gasteiger partial charge in [-0.1, -0.05) is 97.1 Å². The van der Waals surface area contributed by atoms with Gasteiger partial charge in [-0.3, -0.25) is 0 Å². The molecule has 0 atom stereocenters. The maximum atomic E-state index is 6.86. The molecule has 5 aromatic carbocycles. The Morgan fingerprint density at radius 1 is 0.579 bits per heavy atom. The van der Waals surface area contributed by atoms with Gasteiger partial charge < -0.3 is 15.2 Å². The van der Waals surface area contributed by atoms with Crippen LogP contribution in [0.15, 0.2) is 133 Å². The summed E-state index contributed by atoms with van der Waals surface area (Å²) in [6.07, 6.45) is 2.28. The van der Waals surface area contributed by atoms with E-state index in [0.717, 1.165) is 34.5 Å². The van der Waals surface area contributed by atoms with Crippen molar-refractivity contribution in [3.8, 4) is 16.8 Å². The summed E-state index contributed by atoms with van der Waals surface area (Å²) in [4.78, 5) is 2.37. The Morgan fingerprint density at radius 3 is 2.00 bits per heavy atom. The summed E-state index contributed by atoms with van der Waals surface area (Å²) >= 11 is 0. The van der Waals surface area contributed by atoms with Crippen molar-refractivity contribution < 1.29 is 0 Å². The van der Waals surface area contributed by atoms with Crippen LogP contribution in [0.1, 0.15) is 11.3 Å². The molecule has 1 aromatic heterocycles. The van der Waals surface area contributed by atoms with Gasteiger partial charge in [0.2, 0.25) is 0 Å². The molecule has 1 aliphatic rings. The molecule has 182 valence electrons. The highest BCUT2D eigenvalue weighted by molar-refractivity contribution is 6.03. The molecular formula is C35H27N3. The number of fused-ring (bicyclic) bond motifs is 2. The Labute approximate surface area is 222 Å². The van der Waals surface area contributed by atoms with Crippen molar-refractivity contribution in [3.63, 3.8) is 0 Å². The first-order valence-electron chi connectivity index (χ1n) is 13.0. The summed E-state index contributed by atoms with van der Waals surface area (Å²) in [5.41, 5.74) is 18.2. The van der Waals surface area contributed by atoms with E-state index in [2.05, 4.69) is 143 Å². The first-order valence-corrected chi connectivity index (χ1v) is 13.0. The van der Waals surface area contributed by atoms with Crippen molar-refractivity contribution in [1.82, 2.24) is 4.57 Å². The van der Waals surface area contributed by atoms with Gasteiger partial charge in [0.05, 0.1) is 16.9 Å². The molecule has 0 bridgehead atoms. The molecule has 0 unspecified atom stereocenters. The third kappa shape index (κ3) is 3.68. The molecule has 0 spiro atoms. The van der Waals surface area contributed by atoms with Crippen molar-refractivity contribution in [3.05, 3.63) is 145 Å². The third-order valence-corrected chi connectivity index (χ3v) is 7.43. The lowest BCUT2D eigenvalue weighted by atomic mass is 10.1. The van der Waals surface area contributed by atoms with Gasteiger partial charge in [0.25, 0.3) is 0 Å². The van der Waals surface area contributed by atoms with Gasteiger partial charge >= 0.3 is 0 Å². The van der Waals surface area contributed by atoms with Gasteiger partial charge in [-0.25, -0.2) is 0 Å². The van der Waals surface area contributed by atoms with E-state index in [1.807, 2.05) is 6.07 Å². The van der Waals surface area contributed by atoms with Gasteiger partial charge in [-0.05, 0) is 59.2 Å². The SMILES string of the molecule is Nc1c(/C=C2\CN(c3ccccc3)c3ccccc32)n(-c2ccc(-c3ccccc3)cc2)c2ccccc12. The van der Waals surface area contributed by atoms with Crippen LogP contribution in [0.25, 0.3) is 39.4 Å². The second-order valence-corrected chi connectivity index (χ2v) is 9.67. The fourth-order valence-electron chi connectivity index (χ4n) is 5.59. The van der Waals surface area contributed by atoms with Crippen molar-refractivity contribution in [2.75, 3.05) is 17.2 Å². The van der Waals surface area contributed by atoms with E-state index >= 15 is 0 Å². The minimum atomic E-state index is 0.789. The van der Waals surface area contributed by atoms with Crippen LogP contribution in [0, 0.1) is 0 Å². The minimum Gasteiger partial charge on any atom is -0.396 e. The van der Waals surface area contributed by atoms with Crippen LogP contribution in [0.5, 0.6) is 0 Å². The lowest BCUT2D eigenvalue weighted by Gasteiger charge is -2.19. The summed E-state index contributed by atoms with van der Waals surface area (Å²) in [6.45, 7) is 0.789. The summed E-state index contributed by atoms with van der Waals surface area (Å²) < 4.78 is 2.29. The normalized spacial score (nSPS) is 13.8. The van der Waals surface area contributed by atoms with Crippen LogP contribution >= 0.6 is 0 Å². The molecule has 7 rings (SSSR count). The molecule has 0 saturated carbocycles. The molecule has 2 N–H and O–H groups in total. The van der Waals surface area contributed by atoms with Gasteiger partial charge in [0, 0.05) is 34.6 Å². The van der Waals surface area contributed by atoms with Crippen molar-refractivity contribution in [1.29, 1.82) is 0 Å². The molecule has 6 aromatic rings. The lowest BCUT2D eigenvalue weighted by molar-refractivity contribution is 1.11. The van der Waals surface area contributed by atoms with E-state index in [-0.39, 0.29) is 0 Å². The van der Waals surface area contributed by atoms with Gasteiger partial charge in [0.15, 0.2) is 0 Å². The van der Waals surface area contributed by atoms with Crippen LogP contribution in [0.2, 0.25) is 0 Å². The zero-order valence-electron chi connectivity index (χ0n) is 21.0. The monoisotopic (exact) mass is 489 g/mol. The number of para-hydroxylation sites is 3. The summed E-state index contributed by atoms with van der Waals surface area (Å²) in [5, 5.41) is 1.07. The number of hydrogen-bond donors (Lipinski definition) is 1.